The molecule has 0 aromatic heterocycles. The fourth-order valence-electron chi connectivity index (χ4n) is 6.91. The zero-order valence-electron chi connectivity index (χ0n) is 52.1. The van der Waals surface area contributed by atoms with Crippen LogP contribution in [0.1, 0.15) is 100 Å². The van der Waals surface area contributed by atoms with Crippen LogP contribution in [-0.2, 0) is 105 Å². The Labute approximate surface area is 518 Å². The lowest BCUT2D eigenvalue weighted by Crippen LogP contribution is -2.53. The fraction of sp³-hybridized carbons (Fsp3) is 0.533. The summed E-state index contributed by atoms with van der Waals surface area (Å²) in [5, 5.41) is 0. The van der Waals surface area contributed by atoms with E-state index in [-0.39, 0.29) is 50.5 Å². The van der Waals surface area contributed by atoms with Crippen LogP contribution in [0.4, 0.5) is 0 Å². The first-order valence-corrected chi connectivity index (χ1v) is 34.9. The van der Waals surface area contributed by atoms with Crippen molar-refractivity contribution in [3.63, 3.8) is 0 Å². The van der Waals surface area contributed by atoms with Crippen molar-refractivity contribution in [3.8, 4) is 34.9 Å². The lowest BCUT2D eigenvalue weighted by molar-refractivity contribution is -0.203. The van der Waals surface area contributed by atoms with E-state index in [1.165, 1.54) is 0 Å². The van der Waals surface area contributed by atoms with Gasteiger partial charge in [0, 0.05) is 92.1 Å². The average molecular weight is 1320 g/mol. The molecular formula is C60H81BrO24Si2. The van der Waals surface area contributed by atoms with E-state index in [1.807, 2.05) is 0 Å². The predicted octanol–water partition coefficient (Wildman–Crippen LogP) is 6.90. The Hall–Kier alpha value is -7.89. The number of Topliss-reactive ketones (excluding diaryl/α,β-unsaturated/α-hetero) is 2. The van der Waals surface area contributed by atoms with Gasteiger partial charge in [-0.3, -0.25) is 57.5 Å². The Kier molecular flexibility index (Phi) is 36.8. The number of esters is 10. The summed E-state index contributed by atoms with van der Waals surface area (Å²) in [6, 6.07) is 13.8. The number of ketones is 2. The number of rotatable bonds is 30. The van der Waals surface area contributed by atoms with E-state index in [2.05, 4.69) is 72.2 Å². The first kappa shape index (κ1) is 79.1. The van der Waals surface area contributed by atoms with Gasteiger partial charge < -0.3 is 56.8 Å². The lowest BCUT2D eigenvalue weighted by Gasteiger charge is -2.35. The molecule has 2 aromatic rings. The lowest BCUT2D eigenvalue weighted by atomic mass is 9.97. The molecule has 480 valence electrons. The molecule has 0 fully saturated rings. The molecule has 0 saturated carbocycles. The van der Waals surface area contributed by atoms with E-state index >= 15 is 0 Å². The van der Waals surface area contributed by atoms with Crippen molar-refractivity contribution in [1.29, 1.82) is 0 Å². The number of halogens is 1. The minimum Gasteiger partial charge on any atom is -0.486 e. The molecule has 0 saturated heterocycles. The zero-order chi connectivity index (χ0) is 66.8. The number of hydrogen-bond donors (Lipinski definition) is 0. The first-order valence-electron chi connectivity index (χ1n) is 27.1. The summed E-state index contributed by atoms with van der Waals surface area (Å²) < 4.78 is 64.2. The van der Waals surface area contributed by atoms with E-state index in [1.54, 1.807) is 48.5 Å². The summed E-state index contributed by atoms with van der Waals surface area (Å²) >= 11 is 3.30. The highest BCUT2D eigenvalue weighted by atomic mass is 79.9. The van der Waals surface area contributed by atoms with Gasteiger partial charge in [0.2, 0.25) is 0 Å². The largest absolute Gasteiger partial charge is 0.486 e. The van der Waals surface area contributed by atoms with Gasteiger partial charge in [0.15, 0.2) is 48.2 Å². The third-order valence-electron chi connectivity index (χ3n) is 10.4. The van der Waals surface area contributed by atoms with Gasteiger partial charge in [-0.25, -0.2) is 0 Å². The van der Waals surface area contributed by atoms with Crippen molar-refractivity contribution in [1.82, 2.24) is 0 Å². The highest BCUT2D eigenvalue weighted by Crippen LogP contribution is 2.26. The van der Waals surface area contributed by atoms with Crippen LogP contribution in [0.25, 0.3) is 0 Å². The first-order chi connectivity index (χ1) is 40.3. The van der Waals surface area contributed by atoms with Gasteiger partial charge in [-0.2, -0.15) is 0 Å². The normalized spacial score (nSPS) is 13.3. The van der Waals surface area contributed by atoms with Crippen LogP contribution in [0.2, 0.25) is 39.3 Å². The maximum Gasteiger partial charge on any atom is 0.303 e. The molecule has 24 nitrogen and oxygen atoms in total. The minimum absolute atomic E-state index is 0.168. The van der Waals surface area contributed by atoms with Gasteiger partial charge in [0.1, 0.15) is 66.3 Å². The second-order valence-corrected chi connectivity index (χ2v) is 31.6. The molecule has 8 atom stereocenters. The van der Waals surface area contributed by atoms with Gasteiger partial charge >= 0.3 is 59.7 Å². The Balaban J connectivity index is 0.00000156. The molecule has 0 aliphatic carbocycles. The van der Waals surface area contributed by atoms with E-state index in [9.17, 15) is 57.5 Å². The average Bonchev–Trinajstić information content (AvgIpc) is 2.99. The summed E-state index contributed by atoms with van der Waals surface area (Å²) in [7, 11) is -2.63. The van der Waals surface area contributed by atoms with Gasteiger partial charge in [0.25, 0.3) is 0 Å². The molecule has 0 heterocycles. The molecule has 2 rings (SSSR count). The van der Waals surface area contributed by atoms with E-state index < -0.39 is 138 Å². The number of ether oxygens (including phenoxy) is 12. The minimum atomic E-state index is -1.57. The fourth-order valence-corrected chi connectivity index (χ4v) is 7.70. The molecular weight excluding hydrogens is 1240 g/mol. The van der Waals surface area contributed by atoms with Gasteiger partial charge in [-0.15, -0.1) is 17.5 Å². The van der Waals surface area contributed by atoms with Crippen LogP contribution < -0.4 is 9.47 Å². The van der Waals surface area contributed by atoms with Crippen LogP contribution in [0.3, 0.4) is 0 Å². The number of carbonyl (C=O) groups is 12. The number of hydrogen-bond acceptors (Lipinski definition) is 24. The summed E-state index contributed by atoms with van der Waals surface area (Å²) in [5.74, 6) is -4.74. The molecule has 2 aromatic carbocycles. The van der Waals surface area contributed by atoms with Crippen LogP contribution in [0, 0.1) is 23.4 Å². The molecule has 0 radical (unpaired) electrons. The van der Waals surface area contributed by atoms with Gasteiger partial charge in [0.05, 0.1) is 0 Å². The van der Waals surface area contributed by atoms with Crippen LogP contribution in [0.15, 0.2) is 53.0 Å². The van der Waals surface area contributed by atoms with Crippen molar-refractivity contribution in [2.75, 3.05) is 26.4 Å². The summed E-state index contributed by atoms with van der Waals surface area (Å²) in [4.78, 5) is 144. The summed E-state index contributed by atoms with van der Waals surface area (Å²) in [5.41, 5.74) is 6.84. The van der Waals surface area contributed by atoms with Crippen molar-refractivity contribution in [2.45, 2.75) is 183 Å². The summed E-state index contributed by atoms with van der Waals surface area (Å²) in [6.45, 7) is 21.9. The molecule has 0 spiro atoms. The second kappa shape index (κ2) is 40.5. The molecule has 0 unspecified atom stereocenters. The standard InChI is InChI=1S/C30H40O12Si.C25H31BrO12.C5H10Si/c1-19(31)37-18-28(40-21(3)33)30(42-23(5)35)29(41-22(4)34)27(39-20(2)32)14-11-25(36)17-38-26-12-9-24(10-13-26)15-16-43(6,7)8;1-14(27)33-13-23(36-16(3)29)25(38-18(5)31)24(37-17(4)30)22(35-15(2)28)11-8-20(32)12-34-21-9-6-19(26)7-10-21;1-5-6(2,3)4/h9-10,12-13,27-30H,11,14,17-18H2,1-8H3;6-7,9-10,22-25H,8,11-13H2,1-5H3;1H,2-4H3/t27-,28-,29+,30+;22-,23-,24+,25+;/m11./s1. The molecule has 0 aliphatic rings. The third-order valence-corrected chi connectivity index (χ3v) is 12.7. The maximum absolute atomic E-state index is 12.7. The van der Waals surface area contributed by atoms with Crippen LogP contribution in [0.5, 0.6) is 11.5 Å². The van der Waals surface area contributed by atoms with E-state index in [4.69, 9.17) is 63.3 Å². The Morgan fingerprint density at radius 3 is 0.954 bits per heavy atom. The van der Waals surface area contributed by atoms with Gasteiger partial charge in [-0.05, 0) is 61.4 Å². The van der Waals surface area contributed by atoms with Gasteiger partial charge in [-0.1, -0.05) is 61.1 Å². The smallest absolute Gasteiger partial charge is 0.303 e. The highest BCUT2D eigenvalue weighted by Gasteiger charge is 2.45. The SMILES string of the molecule is C#C[Si](C)(C)C.CC(=O)OC[C@@H](OC(C)=O)[C@H](OC(C)=O)[C@@H](OC(C)=O)[C@@H](CCC(=O)COc1ccc(Br)cc1)OC(C)=O.CC(=O)OC[C@@H](OC(C)=O)[C@H](OC(C)=O)[C@@H](OC(C)=O)[C@@H](CCC(=O)COc1ccc(C#C[Si](C)(C)C)cc1)OC(C)=O. The van der Waals surface area contributed by atoms with E-state index in [0.717, 1.165) is 79.3 Å². The molecule has 0 aliphatic heterocycles. The third kappa shape index (κ3) is 39.4. The topological polar surface area (TPSA) is 316 Å². The molecule has 0 amide bonds. The molecule has 0 bridgehead atoms. The van der Waals surface area contributed by atoms with Crippen molar-refractivity contribution >= 4 is 103 Å². The van der Waals surface area contributed by atoms with Crippen LogP contribution in [-0.4, -0.2) is 163 Å². The van der Waals surface area contributed by atoms with E-state index in [0.29, 0.717) is 11.5 Å². The second-order valence-electron chi connectivity index (χ2n) is 21.1. The Morgan fingerprint density at radius 1 is 0.414 bits per heavy atom. The number of terminal acetylenes is 1. The van der Waals surface area contributed by atoms with Crippen molar-refractivity contribution < 1.29 is 114 Å². The molecule has 0 N–H and O–H groups in total. The monoisotopic (exact) mass is 1320 g/mol. The summed E-state index contributed by atoms with van der Waals surface area (Å²) in [6.07, 6.45) is -7.30. The predicted molar refractivity (Wildman–Crippen MR) is 320 cm³/mol. The Bertz CT molecular complexity index is 2750. The molecule has 87 heavy (non-hydrogen) atoms. The Morgan fingerprint density at radius 2 is 0.690 bits per heavy atom. The number of benzene rings is 2. The highest BCUT2D eigenvalue weighted by molar-refractivity contribution is 9.10. The zero-order valence-corrected chi connectivity index (χ0v) is 55.7. The van der Waals surface area contributed by atoms with Crippen molar-refractivity contribution in [3.05, 3.63) is 58.6 Å². The number of carbonyl (C=O) groups excluding carboxylic acids is 12. The molecule has 27 heteroatoms. The maximum atomic E-state index is 12.7. The van der Waals surface area contributed by atoms with Crippen LogP contribution >= 0.6 is 15.9 Å². The quantitative estimate of drug-likeness (QED) is 0.0332. The van der Waals surface area contributed by atoms with Crippen molar-refractivity contribution in [2.24, 2.45) is 0 Å².